The first-order valence-corrected chi connectivity index (χ1v) is 13.1. The van der Waals surface area contributed by atoms with Gasteiger partial charge in [-0.3, -0.25) is 0 Å². The summed E-state index contributed by atoms with van der Waals surface area (Å²) in [7, 11) is 0. The molecule has 0 unspecified atom stereocenters. The van der Waals surface area contributed by atoms with Gasteiger partial charge in [-0.2, -0.15) is 0 Å². The highest BCUT2D eigenvalue weighted by Gasteiger charge is 2.01. The predicted octanol–water partition coefficient (Wildman–Crippen LogP) is 10.5. The van der Waals surface area contributed by atoms with Crippen molar-refractivity contribution in [2.75, 3.05) is 6.61 Å². The van der Waals surface area contributed by atoms with Gasteiger partial charge in [-0.15, -0.1) is 26.3 Å². The Morgan fingerprint density at radius 3 is 1.44 bits per heavy atom. The Bertz CT molecular complexity index is 560. The summed E-state index contributed by atoms with van der Waals surface area (Å²) in [5.74, 6) is -0.255. The zero-order chi connectivity index (χ0) is 26.3. The quantitative estimate of drug-likeness (QED) is 0.0979. The van der Waals surface area contributed by atoms with Crippen LogP contribution in [-0.4, -0.2) is 12.6 Å². The van der Waals surface area contributed by atoms with E-state index in [0.717, 1.165) is 6.42 Å². The number of carbonyl (C=O) groups is 1. The average Bonchev–Trinajstić information content (AvgIpc) is 2.89. The highest BCUT2D eigenvalue weighted by Crippen LogP contribution is 2.13. The molecule has 0 aliphatic carbocycles. The standard InChI is InChI=1S/C20H38O2.C8H8.2C2H4/c1-4-5-6-7-8-9-10-11-12-13-14-15-16-17-18-22-20(21)19(2)3;1-2-8-6-4-3-5-7-8;2*1-2/h2,4-18H2,1,3H3;2-7H,1H2;2*1-2H2. The molecule has 0 atom stereocenters. The van der Waals surface area contributed by atoms with E-state index >= 15 is 0 Å². The number of ether oxygens (including phenoxy) is 1. The van der Waals surface area contributed by atoms with Crippen molar-refractivity contribution < 1.29 is 9.53 Å². The number of carbonyl (C=O) groups excluding carboxylic acids is 1. The first-order valence-electron chi connectivity index (χ1n) is 13.1. The number of esters is 1. The van der Waals surface area contributed by atoms with Gasteiger partial charge in [-0.25, -0.2) is 4.79 Å². The summed E-state index contributed by atoms with van der Waals surface area (Å²) in [6.07, 6.45) is 20.6. The summed E-state index contributed by atoms with van der Waals surface area (Å²) >= 11 is 0. The molecule has 2 nitrogen and oxygen atoms in total. The van der Waals surface area contributed by atoms with Crippen LogP contribution in [-0.2, 0) is 9.53 Å². The Morgan fingerprint density at radius 2 is 1.12 bits per heavy atom. The van der Waals surface area contributed by atoms with E-state index in [2.05, 4.69) is 46.4 Å². The van der Waals surface area contributed by atoms with E-state index in [9.17, 15) is 4.79 Å². The van der Waals surface area contributed by atoms with Crippen LogP contribution in [0.3, 0.4) is 0 Å². The van der Waals surface area contributed by atoms with Crippen LogP contribution in [0.25, 0.3) is 6.08 Å². The molecule has 0 saturated carbocycles. The van der Waals surface area contributed by atoms with Crippen LogP contribution in [0.5, 0.6) is 0 Å². The van der Waals surface area contributed by atoms with E-state index in [1.54, 1.807) is 6.92 Å². The molecule has 1 aromatic carbocycles. The maximum absolute atomic E-state index is 11.2. The van der Waals surface area contributed by atoms with Crippen LogP contribution in [0.4, 0.5) is 0 Å². The Morgan fingerprint density at radius 1 is 0.735 bits per heavy atom. The second-order valence-corrected chi connectivity index (χ2v) is 8.13. The van der Waals surface area contributed by atoms with Gasteiger partial charge in [-0.05, 0) is 18.9 Å². The largest absolute Gasteiger partial charge is 0.462 e. The molecule has 0 aliphatic heterocycles. The molecule has 0 spiro atoms. The average molecular weight is 471 g/mol. The lowest BCUT2D eigenvalue weighted by molar-refractivity contribution is -0.139. The smallest absolute Gasteiger partial charge is 0.333 e. The van der Waals surface area contributed by atoms with E-state index in [4.69, 9.17) is 4.74 Å². The molecule has 0 radical (unpaired) electrons. The van der Waals surface area contributed by atoms with Gasteiger partial charge in [0.15, 0.2) is 0 Å². The van der Waals surface area contributed by atoms with Gasteiger partial charge in [0.1, 0.15) is 0 Å². The number of hydrogen-bond acceptors (Lipinski definition) is 2. The molecule has 0 heterocycles. The molecule has 0 aliphatic rings. The molecule has 0 fully saturated rings. The zero-order valence-corrected chi connectivity index (χ0v) is 22.6. The van der Waals surface area contributed by atoms with Crippen molar-refractivity contribution in [1.29, 1.82) is 0 Å². The topological polar surface area (TPSA) is 26.3 Å². The van der Waals surface area contributed by atoms with E-state index in [1.807, 2.05) is 36.4 Å². The van der Waals surface area contributed by atoms with Crippen molar-refractivity contribution in [3.05, 3.63) is 80.9 Å². The lowest BCUT2D eigenvalue weighted by atomic mass is 10.0. The molecule has 2 heteroatoms. The fourth-order valence-electron chi connectivity index (χ4n) is 3.17. The molecule has 1 aromatic rings. The number of rotatable bonds is 17. The highest BCUT2D eigenvalue weighted by molar-refractivity contribution is 5.86. The molecule has 0 saturated heterocycles. The van der Waals surface area contributed by atoms with Crippen LogP contribution in [0.1, 0.15) is 109 Å². The maximum Gasteiger partial charge on any atom is 0.333 e. The van der Waals surface area contributed by atoms with E-state index in [0.29, 0.717) is 12.2 Å². The van der Waals surface area contributed by atoms with Crippen molar-refractivity contribution in [2.24, 2.45) is 0 Å². The second-order valence-electron chi connectivity index (χ2n) is 8.13. The van der Waals surface area contributed by atoms with Gasteiger partial charge < -0.3 is 4.74 Å². The maximum atomic E-state index is 11.2. The van der Waals surface area contributed by atoms with Crippen LogP contribution >= 0.6 is 0 Å². The van der Waals surface area contributed by atoms with Gasteiger partial charge in [0.2, 0.25) is 0 Å². The molecular formula is C32H54O2. The molecule has 0 aromatic heterocycles. The third-order valence-electron chi connectivity index (χ3n) is 5.11. The van der Waals surface area contributed by atoms with E-state index in [-0.39, 0.29) is 5.97 Å². The van der Waals surface area contributed by atoms with Crippen LogP contribution in [0.2, 0.25) is 0 Å². The molecule has 0 amide bonds. The Labute approximate surface area is 212 Å². The predicted molar refractivity (Wildman–Crippen MR) is 155 cm³/mol. The van der Waals surface area contributed by atoms with E-state index in [1.165, 1.54) is 89.0 Å². The molecular weight excluding hydrogens is 416 g/mol. The van der Waals surface area contributed by atoms with Crippen LogP contribution < -0.4 is 0 Å². The summed E-state index contributed by atoms with van der Waals surface area (Å²) in [4.78, 5) is 11.2. The van der Waals surface area contributed by atoms with Gasteiger partial charge >= 0.3 is 5.97 Å². The summed E-state index contributed by atoms with van der Waals surface area (Å²) in [6, 6.07) is 10.0. The molecule has 0 bridgehead atoms. The fraction of sp³-hybridized carbons (Fsp3) is 0.531. The van der Waals surface area contributed by atoms with Crippen molar-refractivity contribution in [1.82, 2.24) is 0 Å². The minimum atomic E-state index is -0.255. The minimum Gasteiger partial charge on any atom is -0.462 e. The minimum absolute atomic E-state index is 0.255. The Hall–Kier alpha value is -2.35. The molecule has 194 valence electrons. The van der Waals surface area contributed by atoms with Crippen molar-refractivity contribution in [2.45, 2.75) is 104 Å². The van der Waals surface area contributed by atoms with Crippen LogP contribution in [0.15, 0.2) is 75.4 Å². The lowest BCUT2D eigenvalue weighted by Gasteiger charge is -2.04. The lowest BCUT2D eigenvalue weighted by Crippen LogP contribution is -2.05. The van der Waals surface area contributed by atoms with Crippen molar-refractivity contribution in [3.8, 4) is 0 Å². The first kappa shape index (κ1) is 36.2. The molecule has 34 heavy (non-hydrogen) atoms. The zero-order valence-electron chi connectivity index (χ0n) is 22.6. The normalized spacial score (nSPS) is 9.12. The fourth-order valence-corrected chi connectivity index (χ4v) is 3.17. The third kappa shape index (κ3) is 29.7. The Kier molecular flexibility index (Phi) is 35.0. The van der Waals surface area contributed by atoms with Crippen LogP contribution in [0, 0.1) is 0 Å². The number of benzene rings is 1. The summed E-state index contributed by atoms with van der Waals surface area (Å²) < 4.78 is 5.07. The molecule has 1 rings (SSSR count). The second kappa shape index (κ2) is 32.8. The van der Waals surface area contributed by atoms with Crippen molar-refractivity contribution >= 4 is 12.0 Å². The number of unbranched alkanes of at least 4 members (excludes halogenated alkanes) is 13. The summed E-state index contributed by atoms with van der Waals surface area (Å²) in [5.41, 5.74) is 1.66. The van der Waals surface area contributed by atoms with E-state index < -0.39 is 0 Å². The van der Waals surface area contributed by atoms with Gasteiger partial charge in [-0.1, -0.05) is 140 Å². The first-order chi connectivity index (χ1) is 16.6. The van der Waals surface area contributed by atoms with Gasteiger partial charge in [0.05, 0.1) is 6.61 Å². The third-order valence-corrected chi connectivity index (χ3v) is 5.11. The van der Waals surface area contributed by atoms with Crippen molar-refractivity contribution in [3.63, 3.8) is 0 Å². The monoisotopic (exact) mass is 470 g/mol. The Balaban J connectivity index is -0.000000657. The van der Waals surface area contributed by atoms with Gasteiger partial charge in [0.25, 0.3) is 0 Å². The van der Waals surface area contributed by atoms with Gasteiger partial charge in [0, 0.05) is 5.57 Å². The highest BCUT2D eigenvalue weighted by atomic mass is 16.5. The molecule has 0 N–H and O–H groups in total. The summed E-state index contributed by atoms with van der Waals surface area (Å²) in [6.45, 7) is 23.7. The summed E-state index contributed by atoms with van der Waals surface area (Å²) in [5, 5.41) is 0. The number of hydrogen-bond donors (Lipinski definition) is 0. The SMILES string of the molecule is C=C.C=C.C=C(C)C(=O)OCCCCCCCCCCCCCCCC.C=Cc1ccccc1.